The van der Waals surface area contributed by atoms with E-state index in [-0.39, 0.29) is 30.7 Å². The van der Waals surface area contributed by atoms with Gasteiger partial charge in [-0.3, -0.25) is 9.48 Å². The Morgan fingerprint density at radius 1 is 1.29 bits per heavy atom. The number of urea groups is 1. The minimum atomic E-state index is -0.415. The second-order valence-corrected chi connectivity index (χ2v) is 7.72. The molecule has 150 valence electrons. The van der Waals surface area contributed by atoms with Crippen LogP contribution in [0.2, 0.25) is 5.02 Å². The molecule has 1 aromatic carbocycles. The quantitative estimate of drug-likeness (QED) is 0.703. The van der Waals surface area contributed by atoms with E-state index in [9.17, 15) is 14.7 Å². The Morgan fingerprint density at radius 2 is 2.04 bits per heavy atom. The molecule has 0 saturated carbocycles. The van der Waals surface area contributed by atoms with Crippen LogP contribution >= 0.6 is 11.6 Å². The Bertz CT molecular complexity index is 894. The number of phenolic OH excluding ortho intramolecular Hbond substituents is 1. The maximum atomic E-state index is 13.0. The molecule has 0 unspecified atom stereocenters. The number of aryl methyl sites for hydroxylation is 1. The molecule has 1 aliphatic heterocycles. The SMILES string of the molecule is CCCCn1ncc(N2C(=O)CN(Cc3cc(Cl)ccc3O)C2=O)c1C(C)C. The van der Waals surface area contributed by atoms with Crippen LogP contribution in [-0.4, -0.2) is 38.3 Å². The first-order valence-electron chi connectivity index (χ1n) is 9.48. The van der Waals surface area contributed by atoms with Gasteiger partial charge < -0.3 is 10.0 Å². The molecule has 0 radical (unpaired) electrons. The van der Waals surface area contributed by atoms with Crippen molar-refractivity contribution in [3.8, 4) is 5.75 Å². The number of imide groups is 1. The van der Waals surface area contributed by atoms with Gasteiger partial charge in [0, 0.05) is 17.1 Å². The van der Waals surface area contributed by atoms with Crippen molar-refractivity contribution < 1.29 is 14.7 Å². The van der Waals surface area contributed by atoms with Crippen LogP contribution in [0.1, 0.15) is 50.8 Å². The van der Waals surface area contributed by atoms with E-state index < -0.39 is 6.03 Å². The summed E-state index contributed by atoms with van der Waals surface area (Å²) in [6, 6.07) is 4.23. The second kappa shape index (κ2) is 8.22. The van der Waals surface area contributed by atoms with Gasteiger partial charge in [0.05, 0.1) is 24.1 Å². The van der Waals surface area contributed by atoms with E-state index in [0.29, 0.717) is 16.3 Å². The molecule has 0 atom stereocenters. The van der Waals surface area contributed by atoms with Crippen molar-refractivity contribution in [2.45, 2.75) is 52.6 Å². The lowest BCUT2D eigenvalue weighted by Gasteiger charge is -2.19. The largest absolute Gasteiger partial charge is 0.508 e. The number of aromatic nitrogens is 2. The van der Waals surface area contributed by atoms with Crippen LogP contribution in [-0.2, 0) is 17.9 Å². The number of rotatable bonds is 7. The lowest BCUT2D eigenvalue weighted by molar-refractivity contribution is -0.116. The molecular weight excluding hydrogens is 380 g/mol. The third-order valence-electron chi connectivity index (χ3n) is 4.81. The van der Waals surface area contributed by atoms with Crippen LogP contribution in [0.15, 0.2) is 24.4 Å². The van der Waals surface area contributed by atoms with Gasteiger partial charge in [-0.05, 0) is 30.5 Å². The van der Waals surface area contributed by atoms with Gasteiger partial charge >= 0.3 is 6.03 Å². The Kier molecular flexibility index (Phi) is 5.93. The number of halogens is 1. The van der Waals surface area contributed by atoms with E-state index in [1.807, 2.05) is 18.5 Å². The van der Waals surface area contributed by atoms with Crippen LogP contribution in [0.4, 0.5) is 10.5 Å². The average molecular weight is 405 g/mol. The summed E-state index contributed by atoms with van der Waals surface area (Å²) in [5.74, 6) is -0.150. The van der Waals surface area contributed by atoms with Crippen molar-refractivity contribution in [1.82, 2.24) is 14.7 Å². The fraction of sp³-hybridized carbons (Fsp3) is 0.450. The highest BCUT2D eigenvalue weighted by molar-refractivity contribution is 6.30. The number of hydrogen-bond acceptors (Lipinski definition) is 4. The summed E-state index contributed by atoms with van der Waals surface area (Å²) in [7, 11) is 0. The Morgan fingerprint density at radius 3 is 2.71 bits per heavy atom. The molecule has 8 heteroatoms. The molecule has 2 heterocycles. The Labute approximate surface area is 169 Å². The average Bonchev–Trinajstić information content (AvgIpc) is 3.17. The monoisotopic (exact) mass is 404 g/mol. The predicted molar refractivity (Wildman–Crippen MR) is 108 cm³/mol. The number of carbonyl (C=O) groups is 2. The second-order valence-electron chi connectivity index (χ2n) is 7.29. The number of phenols is 1. The van der Waals surface area contributed by atoms with Crippen molar-refractivity contribution >= 4 is 29.2 Å². The van der Waals surface area contributed by atoms with Gasteiger partial charge in [0.25, 0.3) is 5.91 Å². The Hall–Kier alpha value is -2.54. The summed E-state index contributed by atoms with van der Waals surface area (Å²) in [5.41, 5.74) is 1.92. The standard InChI is InChI=1S/C20H25ClN4O3/c1-4-5-8-24-19(13(2)3)16(10-22-24)25-18(27)12-23(20(25)28)11-14-9-15(21)6-7-17(14)26/h6-7,9-10,13,26H,4-5,8,11-12H2,1-3H3. The molecule has 1 aromatic heterocycles. The summed E-state index contributed by atoms with van der Waals surface area (Å²) in [6.07, 6.45) is 3.61. The minimum Gasteiger partial charge on any atom is -0.508 e. The molecule has 0 spiro atoms. The summed E-state index contributed by atoms with van der Waals surface area (Å²) in [5, 5.41) is 14.9. The number of amides is 3. The van der Waals surface area contributed by atoms with Crippen LogP contribution < -0.4 is 4.90 Å². The molecule has 1 saturated heterocycles. The molecule has 1 N–H and O–H groups in total. The first kappa shape index (κ1) is 20.2. The maximum Gasteiger partial charge on any atom is 0.332 e. The molecule has 1 fully saturated rings. The molecular formula is C20H25ClN4O3. The van der Waals surface area contributed by atoms with E-state index in [0.717, 1.165) is 25.1 Å². The molecule has 7 nitrogen and oxygen atoms in total. The van der Waals surface area contributed by atoms with Crippen LogP contribution in [0.3, 0.4) is 0 Å². The van der Waals surface area contributed by atoms with Crippen molar-refractivity contribution in [1.29, 1.82) is 0 Å². The van der Waals surface area contributed by atoms with Crippen LogP contribution in [0.5, 0.6) is 5.75 Å². The number of carbonyl (C=O) groups excluding carboxylic acids is 2. The van der Waals surface area contributed by atoms with Crippen molar-refractivity contribution in [3.05, 3.63) is 40.7 Å². The summed E-state index contributed by atoms with van der Waals surface area (Å²) >= 11 is 5.99. The van der Waals surface area contributed by atoms with Crippen molar-refractivity contribution in [2.24, 2.45) is 0 Å². The van der Waals surface area contributed by atoms with Gasteiger partial charge in [0.2, 0.25) is 0 Å². The van der Waals surface area contributed by atoms with Crippen LogP contribution in [0.25, 0.3) is 0 Å². The van der Waals surface area contributed by atoms with Gasteiger partial charge in [0.1, 0.15) is 12.3 Å². The maximum absolute atomic E-state index is 13.0. The number of anilines is 1. The zero-order valence-corrected chi connectivity index (χ0v) is 17.1. The van der Waals surface area contributed by atoms with Gasteiger partial charge in [-0.25, -0.2) is 9.69 Å². The molecule has 2 aromatic rings. The third-order valence-corrected chi connectivity index (χ3v) is 5.05. The van der Waals surface area contributed by atoms with Crippen molar-refractivity contribution in [2.75, 3.05) is 11.4 Å². The van der Waals surface area contributed by atoms with Gasteiger partial charge in [-0.2, -0.15) is 5.10 Å². The molecule has 3 amide bonds. The lowest BCUT2D eigenvalue weighted by Crippen LogP contribution is -2.33. The van der Waals surface area contributed by atoms with Gasteiger partial charge in [-0.1, -0.05) is 38.8 Å². The van der Waals surface area contributed by atoms with E-state index in [1.165, 1.54) is 15.9 Å². The highest BCUT2D eigenvalue weighted by Gasteiger charge is 2.39. The van der Waals surface area contributed by atoms with E-state index >= 15 is 0 Å². The topological polar surface area (TPSA) is 78.7 Å². The first-order chi connectivity index (χ1) is 13.3. The van der Waals surface area contributed by atoms with Crippen molar-refractivity contribution in [3.63, 3.8) is 0 Å². The normalized spacial score (nSPS) is 14.6. The number of unbranched alkanes of at least 4 members (excludes halogenated alkanes) is 1. The third kappa shape index (κ3) is 3.85. The number of benzene rings is 1. The smallest absolute Gasteiger partial charge is 0.332 e. The van der Waals surface area contributed by atoms with E-state index in [1.54, 1.807) is 18.3 Å². The zero-order chi connectivity index (χ0) is 20.4. The zero-order valence-electron chi connectivity index (χ0n) is 16.4. The summed E-state index contributed by atoms with van der Waals surface area (Å²) in [6.45, 7) is 6.96. The van der Waals surface area contributed by atoms with Gasteiger partial charge in [-0.15, -0.1) is 0 Å². The molecule has 1 aliphatic rings. The summed E-state index contributed by atoms with van der Waals surface area (Å²) in [4.78, 5) is 28.3. The molecule has 0 bridgehead atoms. The minimum absolute atomic E-state index is 0.0401. The van der Waals surface area contributed by atoms with Gasteiger partial charge in [0.15, 0.2) is 0 Å². The predicted octanol–water partition coefficient (Wildman–Crippen LogP) is 4.13. The fourth-order valence-corrected chi connectivity index (χ4v) is 3.63. The molecule has 0 aliphatic carbocycles. The van der Waals surface area contributed by atoms with E-state index in [2.05, 4.69) is 12.0 Å². The Balaban J connectivity index is 1.88. The molecule has 28 heavy (non-hydrogen) atoms. The lowest BCUT2D eigenvalue weighted by atomic mass is 10.1. The number of hydrogen-bond donors (Lipinski definition) is 1. The molecule has 3 rings (SSSR count). The number of aromatic hydroxyl groups is 1. The first-order valence-corrected chi connectivity index (χ1v) is 9.86. The number of nitrogens with zero attached hydrogens (tertiary/aromatic N) is 4. The fourth-order valence-electron chi connectivity index (χ4n) is 3.43. The van der Waals surface area contributed by atoms with Crippen LogP contribution in [0, 0.1) is 0 Å². The highest BCUT2D eigenvalue weighted by Crippen LogP contribution is 2.32. The highest BCUT2D eigenvalue weighted by atomic mass is 35.5. The van der Waals surface area contributed by atoms with E-state index in [4.69, 9.17) is 11.6 Å². The summed E-state index contributed by atoms with van der Waals surface area (Å²) < 4.78 is 1.88.